The second kappa shape index (κ2) is 33.2. The SMILES string of the molecule is CC(=O)N[C@H]1[C@H](OC[C@H]2OC(O)[C@H](NC(C)=O)[C@@H](O[C@@H]3O[C@H](CO)[C@@H](O)[C@H](O[C@@H]4O[C@H](CO)[C@H](O)[C@H](O)[C@H]4O[C@@H]4O[C@@H](C)[C@@H](O)[C@@H](O)[C@@H]4O)[C@H]3NC(C)=O)[C@H]2O)O[C@H](CO)[C@@H](O[C@@H]2O[C@H](CO)[C@H](O)[C@H](O)[C@H]2O[C@@H]2O[C@@H](C)[C@@H](O)[C@@H](O)[C@@H]2O)[C@@H]1O[C@@H]1O[C@@H](C)[C@@H](O)[C@@H](O)[C@@H]1O. The fourth-order valence-electron chi connectivity index (χ4n) is 12.4. The molecule has 8 fully saturated rings. The first-order valence-corrected chi connectivity index (χ1v) is 30.7. The molecule has 8 aliphatic rings. The molecule has 0 aromatic heterocycles. The Labute approximate surface area is 540 Å². The van der Waals surface area contributed by atoms with Gasteiger partial charge in [0.1, 0.15) is 177 Å². The molecule has 0 bridgehead atoms. The third-order valence-corrected chi connectivity index (χ3v) is 17.7. The van der Waals surface area contributed by atoms with E-state index in [-0.39, 0.29) is 0 Å². The molecule has 0 aromatic rings. The number of ether oxygens (including phenoxy) is 15. The minimum Gasteiger partial charge on any atom is -0.394 e. The van der Waals surface area contributed by atoms with Crippen molar-refractivity contribution in [3.05, 3.63) is 0 Å². The largest absolute Gasteiger partial charge is 0.394 e. The maximum Gasteiger partial charge on any atom is 0.217 e. The highest BCUT2D eigenvalue weighted by molar-refractivity contribution is 5.74. The van der Waals surface area contributed by atoms with Crippen LogP contribution in [-0.2, 0) is 85.4 Å². The molecular weight excluding hydrogens is 1300 g/mol. The number of hydrogen-bond donors (Lipinski definition) is 23. The first-order chi connectivity index (χ1) is 44.8. The van der Waals surface area contributed by atoms with Crippen molar-refractivity contribution in [1.29, 1.82) is 0 Å². The molecule has 8 rings (SSSR count). The van der Waals surface area contributed by atoms with E-state index in [0.29, 0.717) is 0 Å². The van der Waals surface area contributed by atoms with Gasteiger partial charge in [-0.2, -0.15) is 0 Å². The molecule has 3 amide bonds. The van der Waals surface area contributed by atoms with Gasteiger partial charge in [0.15, 0.2) is 50.3 Å². The highest BCUT2D eigenvalue weighted by Crippen LogP contribution is 2.39. The fraction of sp³-hybridized carbons (Fsp3) is 0.944. The van der Waals surface area contributed by atoms with E-state index in [1.54, 1.807) is 0 Å². The fourth-order valence-corrected chi connectivity index (χ4v) is 12.4. The maximum absolute atomic E-state index is 13.3. The van der Waals surface area contributed by atoms with Crippen molar-refractivity contribution in [3.8, 4) is 0 Å². The predicted molar refractivity (Wildman–Crippen MR) is 295 cm³/mol. The first kappa shape index (κ1) is 77.7. The molecule has 40 atom stereocenters. The van der Waals surface area contributed by atoms with Gasteiger partial charge in [0.05, 0.1) is 51.3 Å². The molecule has 0 saturated carbocycles. The van der Waals surface area contributed by atoms with Crippen molar-refractivity contribution in [3.63, 3.8) is 0 Å². The number of aliphatic hydroxyl groups is 20. The van der Waals surface area contributed by atoms with Gasteiger partial charge < -0.3 is 189 Å². The minimum absolute atomic E-state index is 0.874. The number of aliphatic hydroxyl groups excluding tert-OH is 20. The van der Waals surface area contributed by atoms with Gasteiger partial charge in [-0.05, 0) is 20.8 Å². The average Bonchev–Trinajstić information content (AvgIpc) is 0.834. The summed E-state index contributed by atoms with van der Waals surface area (Å²) in [5.41, 5.74) is 0. The molecule has 95 heavy (non-hydrogen) atoms. The van der Waals surface area contributed by atoms with Crippen LogP contribution in [0.15, 0.2) is 0 Å². The topological polar surface area (TPSA) is 630 Å². The van der Waals surface area contributed by atoms with Crippen molar-refractivity contribution < 1.29 is 188 Å². The molecule has 8 heterocycles. The van der Waals surface area contributed by atoms with Crippen LogP contribution in [0.5, 0.6) is 0 Å². The summed E-state index contributed by atoms with van der Waals surface area (Å²) in [5.74, 6) is -2.68. The summed E-state index contributed by atoms with van der Waals surface area (Å²) < 4.78 is 89.5. The van der Waals surface area contributed by atoms with Crippen molar-refractivity contribution in [2.24, 2.45) is 0 Å². The van der Waals surface area contributed by atoms with Gasteiger partial charge in [0.2, 0.25) is 17.7 Å². The quantitative estimate of drug-likeness (QED) is 0.0479. The van der Waals surface area contributed by atoms with Crippen LogP contribution in [0.4, 0.5) is 0 Å². The zero-order valence-corrected chi connectivity index (χ0v) is 51.9. The number of nitrogens with one attached hydrogen (secondary N) is 3. The average molecular weight is 1390 g/mol. The summed E-state index contributed by atoms with van der Waals surface area (Å²) in [7, 11) is 0. The van der Waals surface area contributed by atoms with Crippen LogP contribution in [-0.4, -0.2) is 398 Å². The van der Waals surface area contributed by atoms with E-state index >= 15 is 0 Å². The molecule has 8 saturated heterocycles. The standard InChI is InChI=1S/C54H91N3O38/c1-12-26(65)33(72)38(77)50(82-12)93-44-25(57-17(6)64)48(89-21(10-61)41(44)90-53-45(36(75)29(68)18(7-58)87-53)94-51-39(78)34(73)27(66)13(2)83-51)81-11-22-32(71)42(23(47(80)85-22)55-15(4)62)91-49-24(56-16(5)63)43(31(70)20(9-60)86-49)92-54-46(37(76)30(69)19(8-59)88-54)95-52-40(79)35(74)28(67)14(3)84-52/h12-14,18-54,58-61,65-80H,7-11H2,1-6H3,(H,55,62)(H,56,63)(H,57,64)/t12-,13-,14-,18+,19+,20+,21+,22+,23+,24+,25+,26+,27+,28+,29-,30-,31+,32-,33+,34+,35+,36-,37-,38-,39-,40-,41+,42+,43+,44+,45+,46+,47?,48+,49-,50-,51-,52-,53-,54-/m0/s1. The highest BCUT2D eigenvalue weighted by Gasteiger charge is 2.60. The Hall–Kier alpha value is -2.99. The normalized spacial score (nSPS) is 50.7. The lowest BCUT2D eigenvalue weighted by Crippen LogP contribution is -2.71. The lowest BCUT2D eigenvalue weighted by molar-refractivity contribution is -0.394. The van der Waals surface area contributed by atoms with Crippen LogP contribution in [0.2, 0.25) is 0 Å². The van der Waals surface area contributed by atoms with Crippen molar-refractivity contribution >= 4 is 17.7 Å². The first-order valence-electron chi connectivity index (χ1n) is 30.7. The molecule has 41 nitrogen and oxygen atoms in total. The Balaban J connectivity index is 1.10. The Bertz CT molecular complexity index is 2460. The van der Waals surface area contributed by atoms with Crippen molar-refractivity contribution in [1.82, 2.24) is 16.0 Å². The van der Waals surface area contributed by atoms with Gasteiger partial charge >= 0.3 is 0 Å². The summed E-state index contributed by atoms with van der Waals surface area (Å²) in [6, 6.07) is -5.52. The third-order valence-electron chi connectivity index (χ3n) is 17.7. The van der Waals surface area contributed by atoms with Crippen LogP contribution >= 0.6 is 0 Å². The Morgan fingerprint density at radius 3 is 1.02 bits per heavy atom. The summed E-state index contributed by atoms with van der Waals surface area (Å²) in [6.07, 6.45) is -70.1. The molecule has 8 aliphatic heterocycles. The van der Waals surface area contributed by atoms with E-state index in [9.17, 15) is 117 Å². The van der Waals surface area contributed by atoms with Crippen LogP contribution < -0.4 is 16.0 Å². The Morgan fingerprint density at radius 2 is 0.611 bits per heavy atom. The highest BCUT2D eigenvalue weighted by atomic mass is 16.8. The van der Waals surface area contributed by atoms with Gasteiger partial charge in [-0.1, -0.05) is 0 Å². The second-order valence-corrected chi connectivity index (χ2v) is 24.6. The predicted octanol–water partition coefficient (Wildman–Crippen LogP) is -14.9. The second-order valence-electron chi connectivity index (χ2n) is 24.6. The summed E-state index contributed by atoms with van der Waals surface area (Å²) in [5, 5.41) is 227. The number of hydrogen-bond acceptors (Lipinski definition) is 38. The van der Waals surface area contributed by atoms with E-state index in [0.717, 1.165) is 20.8 Å². The Morgan fingerprint density at radius 1 is 0.295 bits per heavy atom. The molecule has 1 unspecified atom stereocenters. The number of rotatable bonds is 22. The van der Waals surface area contributed by atoms with Crippen LogP contribution in [0.1, 0.15) is 41.5 Å². The summed E-state index contributed by atoms with van der Waals surface area (Å²) >= 11 is 0. The smallest absolute Gasteiger partial charge is 0.217 e. The number of carbonyl (C=O) groups excluding carboxylic acids is 3. The monoisotopic (exact) mass is 1390 g/mol. The van der Waals surface area contributed by atoms with Crippen molar-refractivity contribution in [2.75, 3.05) is 33.0 Å². The maximum atomic E-state index is 13.3. The van der Waals surface area contributed by atoms with Crippen molar-refractivity contribution in [2.45, 2.75) is 287 Å². The van der Waals surface area contributed by atoms with E-state index < -0.39 is 296 Å². The van der Waals surface area contributed by atoms with E-state index in [1.807, 2.05) is 0 Å². The zero-order valence-electron chi connectivity index (χ0n) is 51.9. The molecular formula is C54H91N3O38. The van der Waals surface area contributed by atoms with Crippen LogP contribution in [0.3, 0.4) is 0 Å². The Kier molecular flexibility index (Phi) is 27.2. The van der Waals surface area contributed by atoms with Crippen LogP contribution in [0, 0.1) is 0 Å². The molecule has 550 valence electrons. The van der Waals surface area contributed by atoms with Gasteiger partial charge in [-0.15, -0.1) is 0 Å². The van der Waals surface area contributed by atoms with E-state index in [1.165, 1.54) is 20.8 Å². The lowest BCUT2D eigenvalue weighted by atomic mass is 9.93. The molecule has 0 aromatic carbocycles. The minimum atomic E-state index is -2.21. The molecule has 0 spiro atoms. The van der Waals surface area contributed by atoms with Crippen LogP contribution in [0.25, 0.3) is 0 Å². The van der Waals surface area contributed by atoms with E-state index in [2.05, 4.69) is 16.0 Å². The lowest BCUT2D eigenvalue weighted by Gasteiger charge is -2.51. The van der Waals surface area contributed by atoms with Gasteiger partial charge in [-0.25, -0.2) is 0 Å². The summed E-state index contributed by atoms with van der Waals surface area (Å²) in [6.45, 7) is 1.67. The summed E-state index contributed by atoms with van der Waals surface area (Å²) in [4.78, 5) is 39.2. The van der Waals surface area contributed by atoms with Gasteiger partial charge in [-0.3, -0.25) is 14.4 Å². The van der Waals surface area contributed by atoms with Gasteiger partial charge in [0, 0.05) is 20.8 Å². The van der Waals surface area contributed by atoms with E-state index in [4.69, 9.17) is 71.1 Å². The third kappa shape index (κ3) is 17.0. The molecule has 0 aliphatic carbocycles. The molecule has 41 heteroatoms. The zero-order chi connectivity index (χ0) is 70.1. The number of amides is 3. The molecule has 0 radical (unpaired) electrons. The van der Waals surface area contributed by atoms with Gasteiger partial charge in [0.25, 0.3) is 0 Å². The number of carbonyl (C=O) groups is 3. The molecule has 23 N–H and O–H groups in total.